The molecule has 0 unspecified atom stereocenters. The third-order valence-electron chi connectivity index (χ3n) is 4.97. The maximum atomic E-state index is 13.4. The molecule has 0 amide bonds. The summed E-state index contributed by atoms with van der Waals surface area (Å²) in [7, 11) is 0. The van der Waals surface area contributed by atoms with E-state index in [1.165, 1.54) is 11.8 Å². The van der Waals surface area contributed by atoms with E-state index in [1.807, 2.05) is 72.8 Å². The van der Waals surface area contributed by atoms with Gasteiger partial charge in [0.1, 0.15) is 0 Å². The van der Waals surface area contributed by atoms with Gasteiger partial charge in [0.15, 0.2) is 5.16 Å². The number of nitrogens with zero attached hydrogens (tertiary/aromatic N) is 2. The minimum absolute atomic E-state index is 0.0334. The zero-order valence-electron chi connectivity index (χ0n) is 17.8. The molecule has 0 saturated heterocycles. The predicted molar refractivity (Wildman–Crippen MR) is 136 cm³/mol. The van der Waals surface area contributed by atoms with Crippen LogP contribution in [0.5, 0.6) is 0 Å². The molecule has 0 atom stereocenters. The summed E-state index contributed by atoms with van der Waals surface area (Å²) in [5, 5.41) is 4.69. The van der Waals surface area contributed by atoms with Gasteiger partial charge in [0.2, 0.25) is 0 Å². The molecule has 4 nitrogen and oxygen atoms in total. The fourth-order valence-corrected chi connectivity index (χ4v) is 4.13. The Hall–Kier alpha value is -3.57. The monoisotopic (exact) mass is 439 g/mol. The number of nitrogens with one attached hydrogen (secondary N) is 1. The summed E-state index contributed by atoms with van der Waals surface area (Å²) < 4.78 is 1.75. The maximum Gasteiger partial charge on any atom is 0.262 e. The van der Waals surface area contributed by atoms with Crippen LogP contribution >= 0.6 is 11.8 Å². The summed E-state index contributed by atoms with van der Waals surface area (Å²) in [6.07, 6.45) is 5.97. The van der Waals surface area contributed by atoms with Gasteiger partial charge < -0.3 is 5.32 Å². The minimum atomic E-state index is -0.0334. The standard InChI is InChI=1S/C27H25N3OS/c1-2-18-32-27-29-25-16-15-23(28-17-9-14-21-10-5-3-6-11-21)19-24(25)26(31)30(27)20-22-12-7-4-8-13-22/h2-16,19,28H,1,17-18,20H2/b14-9+. The summed E-state index contributed by atoms with van der Waals surface area (Å²) in [5.41, 5.74) is 3.79. The predicted octanol–water partition coefficient (Wildman–Crippen LogP) is 5.85. The van der Waals surface area contributed by atoms with E-state index in [2.05, 4.69) is 36.2 Å². The van der Waals surface area contributed by atoms with Crippen molar-refractivity contribution in [2.75, 3.05) is 17.6 Å². The Morgan fingerprint density at radius 1 is 1.00 bits per heavy atom. The van der Waals surface area contributed by atoms with E-state index in [-0.39, 0.29) is 5.56 Å². The van der Waals surface area contributed by atoms with Crippen LogP contribution in [0.25, 0.3) is 17.0 Å². The van der Waals surface area contributed by atoms with Crippen LogP contribution in [0, 0.1) is 0 Å². The zero-order chi connectivity index (χ0) is 22.2. The summed E-state index contributed by atoms with van der Waals surface area (Å²) in [5.74, 6) is 0.695. The van der Waals surface area contributed by atoms with E-state index in [0.717, 1.165) is 16.8 Å². The molecule has 0 aliphatic heterocycles. The van der Waals surface area contributed by atoms with Crippen LogP contribution in [-0.4, -0.2) is 21.8 Å². The van der Waals surface area contributed by atoms with Gasteiger partial charge in [-0.15, -0.1) is 6.58 Å². The van der Waals surface area contributed by atoms with Crippen molar-refractivity contribution in [1.82, 2.24) is 9.55 Å². The molecule has 0 radical (unpaired) electrons. The molecular weight excluding hydrogens is 414 g/mol. The highest BCUT2D eigenvalue weighted by Crippen LogP contribution is 2.21. The molecule has 1 heterocycles. The molecule has 32 heavy (non-hydrogen) atoms. The molecule has 0 fully saturated rings. The van der Waals surface area contributed by atoms with E-state index in [4.69, 9.17) is 4.98 Å². The van der Waals surface area contributed by atoms with Crippen molar-refractivity contribution in [3.8, 4) is 0 Å². The van der Waals surface area contributed by atoms with Crippen molar-refractivity contribution >= 4 is 34.4 Å². The van der Waals surface area contributed by atoms with Gasteiger partial charge in [-0.1, -0.05) is 90.7 Å². The van der Waals surface area contributed by atoms with Gasteiger partial charge >= 0.3 is 0 Å². The Balaban J connectivity index is 1.61. The van der Waals surface area contributed by atoms with E-state index >= 15 is 0 Å². The molecule has 0 bridgehead atoms. The zero-order valence-corrected chi connectivity index (χ0v) is 18.6. The van der Waals surface area contributed by atoms with Crippen molar-refractivity contribution < 1.29 is 0 Å². The molecule has 5 heteroatoms. The summed E-state index contributed by atoms with van der Waals surface area (Å²) in [4.78, 5) is 18.2. The Morgan fingerprint density at radius 2 is 1.75 bits per heavy atom. The van der Waals surface area contributed by atoms with E-state index < -0.39 is 0 Å². The van der Waals surface area contributed by atoms with Crippen molar-refractivity contribution in [1.29, 1.82) is 0 Å². The number of thioether (sulfide) groups is 1. The van der Waals surface area contributed by atoms with Gasteiger partial charge in [-0.05, 0) is 29.3 Å². The van der Waals surface area contributed by atoms with Crippen LogP contribution in [0.3, 0.4) is 0 Å². The number of aromatic nitrogens is 2. The van der Waals surface area contributed by atoms with Crippen LogP contribution in [0.1, 0.15) is 11.1 Å². The lowest BCUT2D eigenvalue weighted by Gasteiger charge is -2.13. The smallest absolute Gasteiger partial charge is 0.262 e. The quantitative estimate of drug-likeness (QED) is 0.202. The molecule has 4 rings (SSSR count). The number of benzene rings is 3. The van der Waals surface area contributed by atoms with Crippen LogP contribution in [0.15, 0.2) is 108 Å². The van der Waals surface area contributed by atoms with E-state index in [1.54, 1.807) is 4.57 Å². The second kappa shape index (κ2) is 10.6. The van der Waals surface area contributed by atoms with Gasteiger partial charge in [-0.3, -0.25) is 9.36 Å². The topological polar surface area (TPSA) is 46.9 Å². The number of hydrogen-bond acceptors (Lipinski definition) is 4. The Morgan fingerprint density at radius 3 is 2.50 bits per heavy atom. The average molecular weight is 440 g/mol. The highest BCUT2D eigenvalue weighted by molar-refractivity contribution is 7.99. The van der Waals surface area contributed by atoms with Gasteiger partial charge in [0.25, 0.3) is 5.56 Å². The molecule has 1 aromatic heterocycles. The van der Waals surface area contributed by atoms with E-state index in [9.17, 15) is 4.79 Å². The first-order valence-electron chi connectivity index (χ1n) is 10.5. The molecule has 0 spiro atoms. The summed E-state index contributed by atoms with van der Waals surface area (Å²) in [6, 6.07) is 25.9. The van der Waals surface area contributed by atoms with E-state index in [0.29, 0.717) is 34.9 Å². The molecule has 3 aromatic carbocycles. The molecule has 1 N–H and O–H groups in total. The first-order valence-corrected chi connectivity index (χ1v) is 11.5. The first-order chi connectivity index (χ1) is 15.7. The van der Waals surface area contributed by atoms with Crippen molar-refractivity contribution in [3.05, 3.63) is 119 Å². The normalized spacial score (nSPS) is 11.1. The third kappa shape index (κ3) is 5.37. The molecule has 0 saturated carbocycles. The third-order valence-corrected chi connectivity index (χ3v) is 5.94. The van der Waals surface area contributed by atoms with Gasteiger partial charge in [0, 0.05) is 18.0 Å². The largest absolute Gasteiger partial charge is 0.382 e. The lowest BCUT2D eigenvalue weighted by molar-refractivity contribution is 0.658. The maximum absolute atomic E-state index is 13.4. The number of rotatable bonds is 9. The summed E-state index contributed by atoms with van der Waals surface area (Å²) in [6.45, 7) is 4.94. The Bertz CT molecular complexity index is 1280. The average Bonchev–Trinajstić information content (AvgIpc) is 2.84. The van der Waals surface area contributed by atoms with Crippen LogP contribution < -0.4 is 10.9 Å². The van der Waals surface area contributed by atoms with Crippen molar-refractivity contribution in [3.63, 3.8) is 0 Å². The number of hydrogen-bond donors (Lipinski definition) is 1. The first kappa shape index (κ1) is 21.7. The lowest BCUT2D eigenvalue weighted by Crippen LogP contribution is -2.24. The van der Waals surface area contributed by atoms with Gasteiger partial charge in [0.05, 0.1) is 17.4 Å². The SMILES string of the molecule is C=CCSc1nc2ccc(NC/C=C/c3ccccc3)cc2c(=O)n1Cc1ccccc1. The van der Waals surface area contributed by atoms with Gasteiger partial charge in [-0.2, -0.15) is 0 Å². The van der Waals surface area contributed by atoms with Crippen molar-refractivity contribution in [2.45, 2.75) is 11.7 Å². The van der Waals surface area contributed by atoms with Gasteiger partial charge in [-0.25, -0.2) is 4.98 Å². The van der Waals surface area contributed by atoms with Crippen LogP contribution in [0.4, 0.5) is 5.69 Å². The number of fused-ring (bicyclic) bond motifs is 1. The number of anilines is 1. The van der Waals surface area contributed by atoms with Crippen molar-refractivity contribution in [2.24, 2.45) is 0 Å². The molecule has 0 aliphatic carbocycles. The second-order valence-corrected chi connectivity index (χ2v) is 8.28. The minimum Gasteiger partial charge on any atom is -0.382 e. The molecule has 160 valence electrons. The fourth-order valence-electron chi connectivity index (χ4n) is 3.40. The molecular formula is C27H25N3OS. The Labute approximate surface area is 192 Å². The second-order valence-electron chi connectivity index (χ2n) is 7.30. The fraction of sp³-hybridized carbons (Fsp3) is 0.111. The molecule has 0 aliphatic rings. The molecule has 4 aromatic rings. The Kier molecular flexibility index (Phi) is 7.20. The highest BCUT2D eigenvalue weighted by atomic mass is 32.2. The summed E-state index contributed by atoms with van der Waals surface area (Å²) >= 11 is 1.52. The highest BCUT2D eigenvalue weighted by Gasteiger charge is 2.12. The van der Waals surface area contributed by atoms with Crippen LogP contribution in [-0.2, 0) is 6.54 Å². The van der Waals surface area contributed by atoms with Crippen LogP contribution in [0.2, 0.25) is 0 Å². The lowest BCUT2D eigenvalue weighted by atomic mass is 10.2.